The molecule has 1 fully saturated rings. The Hall–Kier alpha value is -1.63. The van der Waals surface area contributed by atoms with Crippen molar-refractivity contribution in [1.82, 2.24) is 15.1 Å². The number of nitrogens with zero attached hydrogens (tertiary/aromatic N) is 2. The van der Waals surface area contributed by atoms with Gasteiger partial charge in [0.1, 0.15) is 6.04 Å². The molecule has 0 saturated carbocycles. The number of carbonyl (C=O) groups is 3. The molecule has 1 rings (SSSR count). The Morgan fingerprint density at radius 2 is 1.72 bits per heavy atom. The fourth-order valence-corrected chi connectivity index (χ4v) is 4.40. The predicted octanol–water partition coefficient (Wildman–Crippen LogP) is 3.31. The summed E-state index contributed by atoms with van der Waals surface area (Å²) in [6.45, 7) is 12.6. The first-order valence-corrected chi connectivity index (χ1v) is 12.9. The third-order valence-electron chi connectivity index (χ3n) is 6.87. The maximum Gasteiger partial charge on any atom is 0.245 e. The average molecular weight is 453 g/mol. The van der Waals surface area contributed by atoms with Gasteiger partial charge in [0, 0.05) is 38.0 Å². The Morgan fingerprint density at radius 1 is 1.00 bits per heavy atom. The van der Waals surface area contributed by atoms with Crippen molar-refractivity contribution >= 4 is 17.7 Å². The Balaban J connectivity index is 2.73. The van der Waals surface area contributed by atoms with Crippen molar-refractivity contribution in [2.75, 3.05) is 26.2 Å². The molecular formula is C25H48N4O3. The van der Waals surface area contributed by atoms with E-state index in [1.54, 1.807) is 0 Å². The van der Waals surface area contributed by atoms with Crippen molar-refractivity contribution in [2.45, 2.75) is 104 Å². The Kier molecular flexibility index (Phi) is 13.5. The molecule has 0 aromatic carbocycles. The summed E-state index contributed by atoms with van der Waals surface area (Å²) in [6, 6.07) is -0.523. The van der Waals surface area contributed by atoms with E-state index in [-0.39, 0.29) is 35.6 Å². The van der Waals surface area contributed by atoms with Gasteiger partial charge in [0.2, 0.25) is 17.7 Å². The van der Waals surface area contributed by atoms with Crippen molar-refractivity contribution in [3.63, 3.8) is 0 Å². The molecule has 7 heteroatoms. The van der Waals surface area contributed by atoms with E-state index >= 15 is 0 Å². The Bertz CT molecular complexity index is 584. The van der Waals surface area contributed by atoms with Gasteiger partial charge in [0.15, 0.2) is 0 Å². The molecule has 4 atom stereocenters. The molecular weight excluding hydrogens is 404 g/mol. The number of amides is 3. The van der Waals surface area contributed by atoms with E-state index in [2.05, 4.69) is 19.2 Å². The topological polar surface area (TPSA) is 95.7 Å². The second-order valence-corrected chi connectivity index (χ2v) is 9.44. The minimum Gasteiger partial charge on any atom is -0.344 e. The lowest BCUT2D eigenvalue weighted by atomic mass is 9.95. The molecule has 4 unspecified atom stereocenters. The number of hydrogen-bond acceptors (Lipinski definition) is 4. The molecule has 3 N–H and O–H groups in total. The number of nitrogens with one attached hydrogen (secondary N) is 1. The number of piperazine rings is 1. The van der Waals surface area contributed by atoms with Gasteiger partial charge < -0.3 is 20.9 Å². The first-order valence-electron chi connectivity index (χ1n) is 12.9. The second kappa shape index (κ2) is 15.3. The van der Waals surface area contributed by atoms with E-state index in [0.717, 1.165) is 51.4 Å². The van der Waals surface area contributed by atoms with E-state index in [0.29, 0.717) is 32.6 Å². The lowest BCUT2D eigenvalue weighted by Crippen LogP contribution is -2.60. The second-order valence-electron chi connectivity index (χ2n) is 9.44. The van der Waals surface area contributed by atoms with E-state index < -0.39 is 6.04 Å². The summed E-state index contributed by atoms with van der Waals surface area (Å²) in [5.74, 6) is 0.274. The highest BCUT2D eigenvalue weighted by atomic mass is 16.2. The maximum atomic E-state index is 13.4. The lowest BCUT2D eigenvalue weighted by Gasteiger charge is -2.42. The van der Waals surface area contributed by atoms with Crippen LogP contribution in [0.2, 0.25) is 0 Å². The lowest BCUT2D eigenvalue weighted by molar-refractivity contribution is -0.147. The highest BCUT2D eigenvalue weighted by Crippen LogP contribution is 2.21. The molecule has 0 spiro atoms. The van der Waals surface area contributed by atoms with Crippen LogP contribution < -0.4 is 11.1 Å². The number of hydrogen-bond donors (Lipinski definition) is 2. The zero-order chi connectivity index (χ0) is 24.1. The van der Waals surface area contributed by atoms with Gasteiger partial charge in [0.25, 0.3) is 0 Å². The van der Waals surface area contributed by atoms with Crippen LogP contribution in [0.25, 0.3) is 0 Å². The van der Waals surface area contributed by atoms with Crippen LogP contribution in [0.1, 0.15) is 92.4 Å². The standard InChI is InChI=1S/C25H48N4O3/c1-6-9-13-21(8-3)24(31)29-17-16-28(18-20(29)5)25(32)23(19(4)7-2)27-22(30)14-11-10-12-15-26/h19-21,23H,6-18,26H2,1-5H3,(H,27,30). The smallest absolute Gasteiger partial charge is 0.245 e. The van der Waals surface area contributed by atoms with Gasteiger partial charge in [-0.05, 0) is 45.1 Å². The molecule has 0 radical (unpaired) electrons. The van der Waals surface area contributed by atoms with Crippen LogP contribution in [-0.2, 0) is 14.4 Å². The predicted molar refractivity (Wildman–Crippen MR) is 130 cm³/mol. The average Bonchev–Trinajstić information content (AvgIpc) is 2.79. The normalized spacial score (nSPS) is 19.4. The number of nitrogens with two attached hydrogens (primary N) is 1. The quantitative estimate of drug-likeness (QED) is 0.395. The van der Waals surface area contributed by atoms with Gasteiger partial charge in [-0.2, -0.15) is 0 Å². The van der Waals surface area contributed by atoms with Crippen LogP contribution in [0.5, 0.6) is 0 Å². The first-order chi connectivity index (χ1) is 15.3. The zero-order valence-electron chi connectivity index (χ0n) is 21.2. The monoisotopic (exact) mass is 452 g/mol. The van der Waals surface area contributed by atoms with Gasteiger partial charge in [-0.3, -0.25) is 14.4 Å². The molecule has 0 bridgehead atoms. The summed E-state index contributed by atoms with van der Waals surface area (Å²) in [7, 11) is 0. The van der Waals surface area contributed by atoms with Crippen LogP contribution in [0.4, 0.5) is 0 Å². The molecule has 0 aromatic heterocycles. The van der Waals surface area contributed by atoms with Gasteiger partial charge in [-0.15, -0.1) is 0 Å². The molecule has 0 aliphatic carbocycles. The van der Waals surface area contributed by atoms with Gasteiger partial charge in [0.05, 0.1) is 0 Å². The number of carbonyl (C=O) groups excluding carboxylic acids is 3. The van der Waals surface area contributed by atoms with Crippen molar-refractivity contribution in [3.05, 3.63) is 0 Å². The van der Waals surface area contributed by atoms with Crippen molar-refractivity contribution in [3.8, 4) is 0 Å². The molecule has 1 heterocycles. The molecule has 186 valence electrons. The van der Waals surface area contributed by atoms with Crippen molar-refractivity contribution < 1.29 is 14.4 Å². The van der Waals surface area contributed by atoms with Gasteiger partial charge >= 0.3 is 0 Å². The molecule has 0 aromatic rings. The van der Waals surface area contributed by atoms with E-state index in [9.17, 15) is 14.4 Å². The molecule has 3 amide bonds. The number of unbranched alkanes of at least 4 members (excludes halogenated alkanes) is 3. The van der Waals surface area contributed by atoms with E-state index in [1.165, 1.54) is 0 Å². The van der Waals surface area contributed by atoms with Crippen LogP contribution in [-0.4, -0.2) is 65.8 Å². The van der Waals surface area contributed by atoms with Gasteiger partial charge in [-0.1, -0.05) is 53.4 Å². The molecule has 1 aliphatic heterocycles. The van der Waals surface area contributed by atoms with Crippen LogP contribution in [0, 0.1) is 11.8 Å². The third kappa shape index (κ3) is 8.72. The van der Waals surface area contributed by atoms with E-state index in [1.807, 2.05) is 30.6 Å². The Morgan fingerprint density at radius 3 is 2.28 bits per heavy atom. The molecule has 32 heavy (non-hydrogen) atoms. The van der Waals surface area contributed by atoms with Crippen molar-refractivity contribution in [1.29, 1.82) is 0 Å². The minimum atomic E-state index is -0.510. The summed E-state index contributed by atoms with van der Waals surface area (Å²) in [6.07, 6.45) is 7.83. The van der Waals surface area contributed by atoms with Crippen molar-refractivity contribution in [2.24, 2.45) is 17.6 Å². The largest absolute Gasteiger partial charge is 0.344 e. The fraction of sp³-hybridized carbons (Fsp3) is 0.880. The van der Waals surface area contributed by atoms with E-state index in [4.69, 9.17) is 5.73 Å². The van der Waals surface area contributed by atoms with Crippen LogP contribution in [0.3, 0.4) is 0 Å². The first kappa shape index (κ1) is 28.4. The Labute approximate surface area is 195 Å². The summed E-state index contributed by atoms with van der Waals surface area (Å²) in [5, 5.41) is 3.00. The van der Waals surface area contributed by atoms with Crippen LogP contribution in [0.15, 0.2) is 0 Å². The maximum absolute atomic E-state index is 13.4. The third-order valence-corrected chi connectivity index (χ3v) is 6.87. The fourth-order valence-electron chi connectivity index (χ4n) is 4.40. The minimum absolute atomic E-state index is 0.0135. The summed E-state index contributed by atoms with van der Waals surface area (Å²) in [4.78, 5) is 42.7. The summed E-state index contributed by atoms with van der Waals surface area (Å²) in [5.41, 5.74) is 5.52. The molecule has 1 aliphatic rings. The highest BCUT2D eigenvalue weighted by Gasteiger charge is 2.36. The summed E-state index contributed by atoms with van der Waals surface area (Å²) >= 11 is 0. The molecule has 7 nitrogen and oxygen atoms in total. The highest BCUT2D eigenvalue weighted by molar-refractivity contribution is 5.88. The molecule has 1 saturated heterocycles. The van der Waals surface area contributed by atoms with Crippen LogP contribution >= 0.6 is 0 Å². The SMILES string of the molecule is CCCCC(CC)C(=O)N1CCN(C(=O)C(NC(=O)CCCCCN)C(C)CC)CC1C. The summed E-state index contributed by atoms with van der Waals surface area (Å²) < 4.78 is 0. The number of rotatable bonds is 14. The zero-order valence-corrected chi connectivity index (χ0v) is 21.2. The van der Waals surface area contributed by atoms with Gasteiger partial charge in [-0.25, -0.2) is 0 Å².